The first-order valence-electron chi connectivity index (χ1n) is 18.6. The van der Waals surface area contributed by atoms with E-state index < -0.39 is 0 Å². The van der Waals surface area contributed by atoms with Gasteiger partial charge in [-0.05, 0) is 81.4 Å². The van der Waals surface area contributed by atoms with Gasteiger partial charge in [-0.1, -0.05) is 159 Å². The van der Waals surface area contributed by atoms with Gasteiger partial charge in [0, 0.05) is 22.7 Å². The highest BCUT2D eigenvalue weighted by Crippen LogP contribution is 2.61. The van der Waals surface area contributed by atoms with E-state index in [1.807, 2.05) is 0 Å². The number of para-hydroxylation sites is 2. The van der Waals surface area contributed by atoms with E-state index in [1.165, 1.54) is 27.9 Å². The first-order valence-corrected chi connectivity index (χ1v) is 18.6. The molecule has 0 N–H and O–H groups in total. The van der Waals surface area contributed by atoms with Gasteiger partial charge in [-0.2, -0.15) is 0 Å². The van der Waals surface area contributed by atoms with Crippen LogP contribution in [0.4, 0.5) is 34.1 Å². The second-order valence-electron chi connectivity index (χ2n) is 14.6. The van der Waals surface area contributed by atoms with E-state index in [9.17, 15) is 0 Å². The molecule has 0 spiro atoms. The average Bonchev–Trinajstić information content (AvgIpc) is 3.23. The Bertz CT molecular complexity index is 2650. The van der Waals surface area contributed by atoms with Crippen LogP contribution in [-0.4, -0.2) is 0 Å². The SMILES string of the molecule is CC1(C)c2ccccc2N2c3ccc(-c4ccccc4)cc3Oc3cc(N(c4ccc(-c5ccccc5)cc4)c4ccccc4-c4ccccc4)cc1c32. The van der Waals surface area contributed by atoms with Crippen LogP contribution in [0.25, 0.3) is 33.4 Å². The minimum absolute atomic E-state index is 0.306. The quantitative estimate of drug-likeness (QED) is 0.172. The Morgan fingerprint density at radius 2 is 1.00 bits per heavy atom. The van der Waals surface area contributed by atoms with Crippen LogP contribution in [0.15, 0.2) is 194 Å². The minimum atomic E-state index is -0.306. The summed E-state index contributed by atoms with van der Waals surface area (Å²) in [7, 11) is 0. The Kier molecular flexibility index (Phi) is 7.48. The van der Waals surface area contributed by atoms with Crippen molar-refractivity contribution >= 4 is 34.1 Å². The van der Waals surface area contributed by atoms with Crippen molar-refractivity contribution in [3.8, 4) is 44.9 Å². The van der Waals surface area contributed by atoms with Gasteiger partial charge in [0.25, 0.3) is 0 Å². The third kappa shape index (κ3) is 5.20. The maximum Gasteiger partial charge on any atom is 0.153 e. The Morgan fingerprint density at radius 3 is 1.72 bits per heavy atom. The zero-order valence-electron chi connectivity index (χ0n) is 30.3. The summed E-state index contributed by atoms with van der Waals surface area (Å²) in [5.74, 6) is 1.68. The number of ether oxygens (including phenoxy) is 1. The summed E-state index contributed by atoms with van der Waals surface area (Å²) in [6.07, 6.45) is 0. The van der Waals surface area contributed by atoms with Gasteiger partial charge >= 0.3 is 0 Å². The normalized spacial score (nSPS) is 13.3. The van der Waals surface area contributed by atoms with Gasteiger partial charge in [0.2, 0.25) is 0 Å². The van der Waals surface area contributed by atoms with E-state index in [4.69, 9.17) is 4.74 Å². The topological polar surface area (TPSA) is 15.7 Å². The first-order chi connectivity index (χ1) is 26.5. The lowest BCUT2D eigenvalue weighted by molar-refractivity contribution is 0.471. The van der Waals surface area contributed by atoms with Gasteiger partial charge in [-0.15, -0.1) is 0 Å². The molecule has 54 heavy (non-hydrogen) atoms. The molecule has 0 aromatic heterocycles. The first kappa shape index (κ1) is 31.9. The second-order valence-corrected chi connectivity index (χ2v) is 14.6. The lowest BCUT2D eigenvalue weighted by Crippen LogP contribution is -2.32. The molecule has 3 heteroatoms. The summed E-state index contributed by atoms with van der Waals surface area (Å²) >= 11 is 0. The molecule has 2 heterocycles. The fourth-order valence-electron chi connectivity index (χ4n) is 8.32. The lowest BCUT2D eigenvalue weighted by atomic mass is 9.73. The van der Waals surface area contributed by atoms with E-state index in [1.54, 1.807) is 0 Å². The maximum atomic E-state index is 7.08. The van der Waals surface area contributed by atoms with Gasteiger partial charge in [0.05, 0.1) is 28.4 Å². The molecule has 2 aliphatic heterocycles. The number of rotatable bonds is 6. The molecule has 0 fully saturated rings. The fourth-order valence-corrected chi connectivity index (χ4v) is 8.32. The van der Waals surface area contributed by atoms with Crippen molar-refractivity contribution in [2.75, 3.05) is 9.80 Å². The van der Waals surface area contributed by atoms with Crippen molar-refractivity contribution in [2.45, 2.75) is 19.3 Å². The summed E-state index contributed by atoms with van der Waals surface area (Å²) in [5.41, 5.74) is 15.7. The summed E-state index contributed by atoms with van der Waals surface area (Å²) < 4.78 is 7.08. The summed E-state index contributed by atoms with van der Waals surface area (Å²) in [5, 5.41) is 0. The Morgan fingerprint density at radius 1 is 0.426 bits per heavy atom. The molecule has 10 rings (SSSR count). The smallest absolute Gasteiger partial charge is 0.153 e. The van der Waals surface area contributed by atoms with E-state index >= 15 is 0 Å². The zero-order chi connectivity index (χ0) is 36.2. The standard InChI is InChI=1S/C51H38N2O/c1-51(2)43-23-13-15-25-46(43)53-47-31-28-39(36-18-8-4-9-19-36)32-48(47)54-49-34-41(33-44(51)50(49)53)52(40-29-26-37(27-30-40)35-16-6-3-7-17-35)45-24-14-12-22-42(45)38-20-10-5-11-21-38/h3-34H,1-2H3. The third-order valence-electron chi connectivity index (χ3n) is 11.0. The van der Waals surface area contributed by atoms with Crippen molar-refractivity contribution in [2.24, 2.45) is 0 Å². The Balaban J connectivity index is 1.21. The van der Waals surface area contributed by atoms with Crippen LogP contribution in [0.2, 0.25) is 0 Å². The van der Waals surface area contributed by atoms with Gasteiger partial charge < -0.3 is 14.5 Å². The fraction of sp³-hybridized carbons (Fsp3) is 0.0588. The molecule has 0 bridgehead atoms. The van der Waals surface area contributed by atoms with Crippen molar-refractivity contribution in [1.29, 1.82) is 0 Å². The second kappa shape index (κ2) is 12.7. The van der Waals surface area contributed by atoms with Crippen LogP contribution in [0, 0.1) is 0 Å². The molecule has 258 valence electrons. The minimum Gasteiger partial charge on any atom is -0.453 e. The number of hydrogen-bond donors (Lipinski definition) is 0. The van der Waals surface area contributed by atoms with E-state index in [-0.39, 0.29) is 5.41 Å². The van der Waals surface area contributed by atoms with Crippen molar-refractivity contribution < 1.29 is 4.74 Å². The third-order valence-corrected chi connectivity index (χ3v) is 11.0. The molecule has 0 radical (unpaired) electrons. The highest BCUT2D eigenvalue weighted by Gasteiger charge is 2.42. The maximum absolute atomic E-state index is 7.08. The van der Waals surface area contributed by atoms with E-state index in [0.29, 0.717) is 0 Å². The molecule has 8 aromatic rings. The van der Waals surface area contributed by atoms with Gasteiger partial charge in [0.1, 0.15) is 0 Å². The van der Waals surface area contributed by atoms with Gasteiger partial charge in [0.15, 0.2) is 11.5 Å². The molecule has 0 aliphatic carbocycles. The Hall–Kier alpha value is -6.84. The number of benzene rings is 8. The molecule has 0 atom stereocenters. The number of fused-ring (bicyclic) bond motifs is 4. The Labute approximate surface area is 317 Å². The lowest BCUT2D eigenvalue weighted by Gasteiger charge is -2.45. The highest BCUT2D eigenvalue weighted by molar-refractivity contribution is 5.97. The largest absolute Gasteiger partial charge is 0.453 e. The van der Waals surface area contributed by atoms with Crippen LogP contribution in [-0.2, 0) is 5.41 Å². The van der Waals surface area contributed by atoms with Crippen LogP contribution < -0.4 is 14.5 Å². The highest BCUT2D eigenvalue weighted by atomic mass is 16.5. The van der Waals surface area contributed by atoms with Gasteiger partial charge in [-0.3, -0.25) is 0 Å². The van der Waals surface area contributed by atoms with Crippen molar-refractivity contribution in [3.63, 3.8) is 0 Å². The molecule has 0 unspecified atom stereocenters. The molecule has 2 aliphatic rings. The zero-order valence-corrected chi connectivity index (χ0v) is 30.3. The number of anilines is 6. The van der Waals surface area contributed by atoms with Crippen LogP contribution in [0.3, 0.4) is 0 Å². The molecule has 0 amide bonds. The average molecular weight is 695 g/mol. The number of nitrogens with zero attached hydrogens (tertiary/aromatic N) is 2. The summed E-state index contributed by atoms with van der Waals surface area (Å²) in [6, 6.07) is 69.5. The molecule has 0 saturated carbocycles. The molecular weight excluding hydrogens is 657 g/mol. The van der Waals surface area contributed by atoms with Gasteiger partial charge in [-0.25, -0.2) is 0 Å². The van der Waals surface area contributed by atoms with Crippen LogP contribution in [0.1, 0.15) is 25.0 Å². The molecule has 0 saturated heterocycles. The van der Waals surface area contributed by atoms with Crippen molar-refractivity contribution in [3.05, 3.63) is 205 Å². The molecular formula is C51H38N2O. The van der Waals surface area contributed by atoms with Crippen LogP contribution in [0.5, 0.6) is 11.5 Å². The predicted molar refractivity (Wildman–Crippen MR) is 224 cm³/mol. The van der Waals surface area contributed by atoms with Crippen molar-refractivity contribution in [1.82, 2.24) is 0 Å². The van der Waals surface area contributed by atoms with Crippen LogP contribution >= 0.6 is 0 Å². The predicted octanol–water partition coefficient (Wildman–Crippen LogP) is 14.4. The summed E-state index contributed by atoms with van der Waals surface area (Å²) in [4.78, 5) is 4.81. The molecule has 3 nitrogen and oxygen atoms in total. The monoisotopic (exact) mass is 694 g/mol. The van der Waals surface area contributed by atoms with E-state index in [0.717, 1.165) is 62.2 Å². The number of hydrogen-bond acceptors (Lipinski definition) is 3. The summed E-state index contributed by atoms with van der Waals surface area (Å²) in [6.45, 7) is 4.68. The van der Waals surface area contributed by atoms with E-state index in [2.05, 4.69) is 218 Å². The molecule has 8 aromatic carbocycles.